The summed E-state index contributed by atoms with van der Waals surface area (Å²) in [5.41, 5.74) is -1.48. The minimum atomic E-state index is -4.20. The normalized spacial score (nSPS) is 21.1. The van der Waals surface area contributed by atoms with Gasteiger partial charge in [0.05, 0.1) is 6.54 Å². The number of rotatable bonds is 3. The Labute approximate surface area is 97.6 Å². The molecule has 0 aromatic heterocycles. The molecule has 1 heterocycles. The minimum absolute atomic E-state index is 0.561. The number of sulfonamides is 1. The number of aliphatic carboxylic acids is 1. The molecule has 1 fully saturated rings. The summed E-state index contributed by atoms with van der Waals surface area (Å²) in [4.78, 5) is 33.0. The fraction of sp³-hybridized carbons (Fsp3) is 0.625. The lowest BCUT2D eigenvalue weighted by Crippen LogP contribution is -2.65. The molecular weight excluding hydrogens is 252 g/mol. The van der Waals surface area contributed by atoms with E-state index in [0.717, 1.165) is 0 Å². The molecular formula is C8H12N2O6S. The number of nitrogens with one attached hydrogen (secondary N) is 1. The predicted octanol–water partition coefficient (Wildman–Crippen LogP) is -1.86. The molecule has 0 radical (unpaired) electrons. The molecule has 2 N–H and O–H groups in total. The van der Waals surface area contributed by atoms with Crippen molar-refractivity contribution in [1.29, 1.82) is 0 Å². The zero-order chi connectivity index (χ0) is 13.4. The van der Waals surface area contributed by atoms with Crippen LogP contribution in [0.25, 0.3) is 0 Å². The number of carbonyl (C=O) groups excluding carboxylic acids is 2. The van der Waals surface area contributed by atoms with Crippen LogP contribution in [0.5, 0.6) is 0 Å². The Bertz CT molecular complexity index is 480. The van der Waals surface area contributed by atoms with E-state index < -0.39 is 45.6 Å². The van der Waals surface area contributed by atoms with Gasteiger partial charge in [0.25, 0.3) is 0 Å². The lowest BCUT2D eigenvalue weighted by molar-refractivity contribution is -0.141. The molecule has 0 saturated carbocycles. The Kier molecular flexibility index (Phi) is 3.26. The van der Waals surface area contributed by atoms with Crippen molar-refractivity contribution < 1.29 is 27.9 Å². The number of carboxylic acid groups (broad SMARTS) is 1. The van der Waals surface area contributed by atoms with E-state index >= 15 is 0 Å². The van der Waals surface area contributed by atoms with Crippen molar-refractivity contribution in [3.05, 3.63) is 0 Å². The van der Waals surface area contributed by atoms with Crippen molar-refractivity contribution in [2.45, 2.75) is 19.4 Å². The molecule has 0 aromatic rings. The number of carbonyl (C=O) groups is 3. The highest BCUT2D eigenvalue weighted by Gasteiger charge is 2.47. The number of nitrogens with zero attached hydrogens (tertiary/aromatic N) is 1. The van der Waals surface area contributed by atoms with Gasteiger partial charge in [-0.25, -0.2) is 8.42 Å². The lowest BCUT2D eigenvalue weighted by Gasteiger charge is -2.38. The molecule has 0 aromatic carbocycles. The van der Waals surface area contributed by atoms with Gasteiger partial charge in [-0.3, -0.25) is 19.7 Å². The monoisotopic (exact) mass is 264 g/mol. The molecule has 0 bridgehead atoms. The molecule has 0 aliphatic carbocycles. The summed E-state index contributed by atoms with van der Waals surface area (Å²) in [7, 11) is -4.20. The quantitative estimate of drug-likeness (QED) is 0.576. The number of hydrogen-bond acceptors (Lipinski definition) is 5. The standard InChI is InChI=1S/C8H12N2O6S/c1-8(2)7(14)9-5(11)3-10(8)17(15,16)4-6(12)13/h3-4H2,1-2H3,(H,12,13)(H,9,11,14). The van der Waals surface area contributed by atoms with E-state index in [0.29, 0.717) is 4.31 Å². The van der Waals surface area contributed by atoms with Gasteiger partial charge in [-0.05, 0) is 13.8 Å². The molecule has 17 heavy (non-hydrogen) atoms. The second-order valence-corrected chi connectivity index (χ2v) is 5.99. The van der Waals surface area contributed by atoms with Crippen molar-refractivity contribution in [1.82, 2.24) is 9.62 Å². The Balaban J connectivity index is 3.14. The van der Waals surface area contributed by atoms with Crippen LogP contribution in [0.15, 0.2) is 0 Å². The van der Waals surface area contributed by atoms with Gasteiger partial charge in [0.15, 0.2) is 5.75 Å². The SMILES string of the molecule is CC1(C)C(=O)NC(=O)CN1S(=O)(=O)CC(=O)O. The van der Waals surface area contributed by atoms with E-state index in [2.05, 4.69) is 0 Å². The van der Waals surface area contributed by atoms with Gasteiger partial charge in [0, 0.05) is 0 Å². The van der Waals surface area contributed by atoms with E-state index in [1.165, 1.54) is 13.8 Å². The van der Waals surface area contributed by atoms with Crippen LogP contribution in [-0.2, 0) is 24.4 Å². The molecule has 1 aliphatic heterocycles. The molecule has 0 unspecified atom stereocenters. The average molecular weight is 264 g/mol. The third-order valence-corrected chi connectivity index (χ3v) is 4.23. The van der Waals surface area contributed by atoms with Gasteiger partial charge in [-0.1, -0.05) is 0 Å². The summed E-state index contributed by atoms with van der Waals surface area (Å²) in [6.45, 7) is 2.04. The van der Waals surface area contributed by atoms with Crippen LogP contribution < -0.4 is 5.32 Å². The predicted molar refractivity (Wildman–Crippen MR) is 55.4 cm³/mol. The van der Waals surface area contributed by atoms with E-state index in [1.54, 1.807) is 0 Å². The van der Waals surface area contributed by atoms with Crippen molar-refractivity contribution in [2.75, 3.05) is 12.3 Å². The Morgan fingerprint density at radius 3 is 2.47 bits per heavy atom. The number of amides is 2. The Morgan fingerprint density at radius 2 is 2.00 bits per heavy atom. The summed E-state index contributed by atoms with van der Waals surface area (Å²) >= 11 is 0. The number of carboxylic acids is 1. The fourth-order valence-corrected chi connectivity index (χ4v) is 3.00. The van der Waals surface area contributed by atoms with E-state index in [9.17, 15) is 22.8 Å². The molecule has 0 spiro atoms. The summed E-state index contributed by atoms with van der Waals surface area (Å²) in [6, 6.07) is 0. The van der Waals surface area contributed by atoms with Crippen LogP contribution in [0.1, 0.15) is 13.8 Å². The number of hydrogen-bond donors (Lipinski definition) is 2. The first kappa shape index (κ1) is 13.6. The smallest absolute Gasteiger partial charge is 0.320 e. The summed E-state index contributed by atoms with van der Waals surface area (Å²) in [5.74, 6) is -4.25. The Hall–Kier alpha value is -1.48. The van der Waals surface area contributed by atoms with Crippen LogP contribution in [0.4, 0.5) is 0 Å². The van der Waals surface area contributed by atoms with Crippen LogP contribution in [-0.4, -0.2) is 53.4 Å². The lowest BCUT2D eigenvalue weighted by atomic mass is 10.0. The molecule has 9 heteroatoms. The number of imide groups is 1. The van der Waals surface area contributed by atoms with Gasteiger partial charge in [0.1, 0.15) is 5.54 Å². The average Bonchev–Trinajstić information content (AvgIpc) is 2.09. The van der Waals surface area contributed by atoms with Crippen LogP contribution in [0.3, 0.4) is 0 Å². The first-order chi connectivity index (χ1) is 7.57. The molecule has 1 rings (SSSR count). The van der Waals surface area contributed by atoms with Crippen LogP contribution in [0, 0.1) is 0 Å². The molecule has 0 atom stereocenters. The van der Waals surface area contributed by atoms with Gasteiger partial charge in [-0.2, -0.15) is 4.31 Å². The van der Waals surface area contributed by atoms with Crippen LogP contribution >= 0.6 is 0 Å². The third-order valence-electron chi connectivity index (χ3n) is 2.36. The number of piperazine rings is 1. The zero-order valence-corrected chi connectivity index (χ0v) is 10.1. The van der Waals surface area contributed by atoms with Crippen molar-refractivity contribution in [3.8, 4) is 0 Å². The van der Waals surface area contributed by atoms with Gasteiger partial charge in [-0.15, -0.1) is 0 Å². The molecule has 8 nitrogen and oxygen atoms in total. The van der Waals surface area contributed by atoms with Crippen molar-refractivity contribution in [3.63, 3.8) is 0 Å². The van der Waals surface area contributed by atoms with E-state index in [4.69, 9.17) is 5.11 Å². The fourth-order valence-electron chi connectivity index (χ4n) is 1.44. The molecule has 1 saturated heterocycles. The van der Waals surface area contributed by atoms with Crippen molar-refractivity contribution >= 4 is 27.8 Å². The first-order valence-electron chi connectivity index (χ1n) is 4.64. The van der Waals surface area contributed by atoms with Crippen molar-refractivity contribution in [2.24, 2.45) is 0 Å². The molecule has 96 valence electrons. The maximum atomic E-state index is 11.7. The largest absolute Gasteiger partial charge is 0.480 e. The van der Waals surface area contributed by atoms with Crippen LogP contribution in [0.2, 0.25) is 0 Å². The highest BCUT2D eigenvalue weighted by Crippen LogP contribution is 2.22. The third kappa shape index (κ3) is 2.61. The zero-order valence-electron chi connectivity index (χ0n) is 9.26. The van der Waals surface area contributed by atoms with Gasteiger partial charge >= 0.3 is 5.97 Å². The van der Waals surface area contributed by atoms with E-state index in [1.807, 2.05) is 5.32 Å². The maximum absolute atomic E-state index is 11.7. The maximum Gasteiger partial charge on any atom is 0.320 e. The Morgan fingerprint density at radius 1 is 1.47 bits per heavy atom. The first-order valence-corrected chi connectivity index (χ1v) is 6.25. The summed E-state index contributed by atoms with van der Waals surface area (Å²) in [6.07, 6.45) is 0. The highest BCUT2D eigenvalue weighted by molar-refractivity contribution is 7.89. The second-order valence-electron chi connectivity index (χ2n) is 4.09. The summed E-state index contributed by atoms with van der Waals surface area (Å²) < 4.78 is 24.0. The molecule has 1 aliphatic rings. The topological polar surface area (TPSA) is 121 Å². The van der Waals surface area contributed by atoms with Gasteiger partial charge < -0.3 is 5.11 Å². The second kappa shape index (κ2) is 4.08. The van der Waals surface area contributed by atoms with E-state index in [-0.39, 0.29) is 0 Å². The minimum Gasteiger partial charge on any atom is -0.480 e. The molecule has 2 amide bonds. The summed E-state index contributed by atoms with van der Waals surface area (Å²) in [5, 5.41) is 10.5. The van der Waals surface area contributed by atoms with Gasteiger partial charge in [0.2, 0.25) is 21.8 Å². The highest BCUT2D eigenvalue weighted by atomic mass is 32.2.